The topological polar surface area (TPSA) is 145 Å². The van der Waals surface area contributed by atoms with Crippen molar-refractivity contribution < 1.29 is 15.0 Å². The maximum absolute atomic E-state index is 11.9. The first-order chi connectivity index (χ1) is 12.3. The van der Waals surface area contributed by atoms with Crippen LogP contribution in [0.25, 0.3) is 11.2 Å². The van der Waals surface area contributed by atoms with Crippen LogP contribution in [-0.4, -0.2) is 46.5 Å². The number of aliphatic hydroxyl groups is 1. The highest BCUT2D eigenvalue weighted by Gasteiger charge is 2.15. The van der Waals surface area contributed by atoms with Gasteiger partial charge < -0.3 is 20.5 Å². The van der Waals surface area contributed by atoms with Gasteiger partial charge >= 0.3 is 11.7 Å². The van der Waals surface area contributed by atoms with Crippen molar-refractivity contribution in [2.45, 2.75) is 58.2 Å². The predicted molar refractivity (Wildman–Crippen MR) is 102 cm³/mol. The molecule has 4 N–H and O–H groups in total. The zero-order chi connectivity index (χ0) is 20.9. The number of rotatable bonds is 6. The van der Waals surface area contributed by atoms with E-state index in [1.54, 1.807) is 0 Å². The molecular weight excluding hydrogens is 354 g/mol. The van der Waals surface area contributed by atoms with Crippen LogP contribution < -0.4 is 17.0 Å². The molecule has 0 saturated heterocycles. The fourth-order valence-corrected chi connectivity index (χ4v) is 2.52. The minimum atomic E-state index is -1.08. The van der Waals surface area contributed by atoms with Crippen LogP contribution in [0.2, 0.25) is 0 Å². The van der Waals surface area contributed by atoms with Crippen molar-refractivity contribution in [3.8, 4) is 0 Å². The third kappa shape index (κ3) is 6.33. The summed E-state index contributed by atoms with van der Waals surface area (Å²) >= 11 is 0. The molecule has 152 valence electrons. The Kier molecular flexibility index (Phi) is 7.49. The first-order valence-electron chi connectivity index (χ1n) is 8.65. The molecule has 1 unspecified atom stereocenters. The lowest BCUT2D eigenvalue weighted by molar-refractivity contribution is -0.137. The molecule has 2 aromatic heterocycles. The number of aliphatic carboxylic acids is 1. The van der Waals surface area contributed by atoms with Crippen LogP contribution in [0.4, 0.5) is 0 Å². The molecule has 2 aromatic rings. The van der Waals surface area contributed by atoms with E-state index in [9.17, 15) is 19.5 Å². The van der Waals surface area contributed by atoms with Crippen LogP contribution in [0, 0.1) is 0 Å². The fourth-order valence-electron chi connectivity index (χ4n) is 2.52. The van der Waals surface area contributed by atoms with Gasteiger partial charge in [-0.3, -0.25) is 18.7 Å². The lowest BCUT2D eigenvalue weighted by Gasteiger charge is -2.16. The number of aryl methyl sites for hydroxylation is 1. The Labute approximate surface area is 156 Å². The fraction of sp³-hybridized carbons (Fsp3) is 0.647. The van der Waals surface area contributed by atoms with Gasteiger partial charge in [-0.05, 0) is 40.0 Å². The molecule has 0 aliphatic rings. The average Bonchev–Trinajstić information content (AvgIpc) is 2.93. The maximum atomic E-state index is 11.9. The van der Waals surface area contributed by atoms with Crippen molar-refractivity contribution in [1.29, 1.82) is 0 Å². The maximum Gasteiger partial charge on any atom is 0.332 e. The molecule has 0 spiro atoms. The predicted octanol–water partition coefficient (Wildman–Crippen LogP) is -0.207. The summed E-state index contributed by atoms with van der Waals surface area (Å²) in [6.45, 7) is 5.27. The SMILES string of the molecule is CC(N)CCCC(C)(C)O.Cn1c(=O)c2c(ncn2CC(=O)O)n(C)c1=O. The van der Waals surface area contributed by atoms with E-state index in [-0.39, 0.29) is 23.8 Å². The molecule has 0 bridgehead atoms. The molecular formula is C17H29N5O5. The molecule has 10 heteroatoms. The lowest BCUT2D eigenvalue weighted by atomic mass is 10.0. The molecule has 0 aliphatic carbocycles. The van der Waals surface area contributed by atoms with Gasteiger partial charge in [0.1, 0.15) is 6.54 Å². The van der Waals surface area contributed by atoms with Gasteiger partial charge in [0.05, 0.1) is 11.9 Å². The van der Waals surface area contributed by atoms with Gasteiger partial charge in [0.25, 0.3) is 5.56 Å². The van der Waals surface area contributed by atoms with E-state index < -0.39 is 22.8 Å². The smallest absolute Gasteiger partial charge is 0.332 e. The van der Waals surface area contributed by atoms with Gasteiger partial charge in [-0.1, -0.05) is 0 Å². The number of aromatic nitrogens is 4. The molecule has 0 amide bonds. The van der Waals surface area contributed by atoms with Gasteiger partial charge in [-0.25, -0.2) is 9.78 Å². The van der Waals surface area contributed by atoms with Gasteiger partial charge in [-0.2, -0.15) is 0 Å². The number of nitrogens with two attached hydrogens (primary N) is 1. The second-order valence-corrected chi connectivity index (χ2v) is 7.33. The Morgan fingerprint density at radius 2 is 1.89 bits per heavy atom. The summed E-state index contributed by atoms with van der Waals surface area (Å²) in [5, 5.41) is 18.0. The molecule has 0 aromatic carbocycles. The standard InChI is InChI=1S/C9H10N4O4.C8H19NO/c1-11-7-6(8(16)12(2)9(11)17)13(4-10-7)3-5(14)15;1-7(9)5-4-6-8(2,3)10/h4H,3H2,1-2H3,(H,14,15);7,10H,4-6,9H2,1-3H3. The van der Waals surface area contributed by atoms with E-state index in [0.29, 0.717) is 0 Å². The van der Waals surface area contributed by atoms with Crippen LogP contribution in [0.15, 0.2) is 15.9 Å². The van der Waals surface area contributed by atoms with Crippen molar-refractivity contribution >= 4 is 17.1 Å². The number of hydrogen-bond donors (Lipinski definition) is 3. The zero-order valence-corrected chi connectivity index (χ0v) is 16.5. The highest BCUT2D eigenvalue weighted by Crippen LogP contribution is 2.12. The second kappa shape index (κ2) is 8.96. The molecule has 0 saturated carbocycles. The Bertz CT molecular complexity index is 901. The zero-order valence-electron chi connectivity index (χ0n) is 16.5. The number of imidazole rings is 1. The number of fused-ring (bicyclic) bond motifs is 1. The second-order valence-electron chi connectivity index (χ2n) is 7.33. The lowest BCUT2D eigenvalue weighted by Crippen LogP contribution is -2.37. The summed E-state index contributed by atoms with van der Waals surface area (Å²) in [6, 6.07) is 0.266. The van der Waals surface area contributed by atoms with Crippen molar-refractivity contribution in [3.63, 3.8) is 0 Å². The van der Waals surface area contributed by atoms with Crippen LogP contribution >= 0.6 is 0 Å². The summed E-state index contributed by atoms with van der Waals surface area (Å²) in [5.74, 6) is -1.08. The van der Waals surface area contributed by atoms with E-state index in [0.717, 1.165) is 23.8 Å². The largest absolute Gasteiger partial charge is 0.480 e. The Balaban J connectivity index is 0.000000314. The molecule has 27 heavy (non-hydrogen) atoms. The number of carboxylic acid groups (broad SMARTS) is 1. The van der Waals surface area contributed by atoms with E-state index >= 15 is 0 Å². The monoisotopic (exact) mass is 383 g/mol. The normalized spacial score (nSPS) is 12.6. The molecule has 2 rings (SSSR count). The van der Waals surface area contributed by atoms with Crippen molar-refractivity contribution in [2.75, 3.05) is 0 Å². The number of hydrogen-bond acceptors (Lipinski definition) is 6. The van der Waals surface area contributed by atoms with Gasteiger partial charge in [0, 0.05) is 20.1 Å². The summed E-state index contributed by atoms with van der Waals surface area (Å²) in [7, 11) is 2.81. The van der Waals surface area contributed by atoms with E-state index in [1.165, 1.54) is 29.6 Å². The first kappa shape index (κ1) is 22.6. The molecule has 10 nitrogen and oxygen atoms in total. The third-order valence-corrected chi connectivity index (χ3v) is 3.97. The molecule has 0 aliphatic heterocycles. The van der Waals surface area contributed by atoms with E-state index in [4.69, 9.17) is 10.8 Å². The van der Waals surface area contributed by atoms with Crippen molar-refractivity contribution in [1.82, 2.24) is 18.7 Å². The molecule has 1 atom stereocenters. The van der Waals surface area contributed by atoms with Crippen LogP contribution in [-0.2, 0) is 25.4 Å². The molecule has 2 heterocycles. The van der Waals surface area contributed by atoms with Crippen molar-refractivity contribution in [3.05, 3.63) is 27.2 Å². The van der Waals surface area contributed by atoms with Gasteiger partial charge in [0.15, 0.2) is 11.2 Å². The van der Waals surface area contributed by atoms with Crippen molar-refractivity contribution in [2.24, 2.45) is 19.8 Å². The van der Waals surface area contributed by atoms with Crippen LogP contribution in [0.1, 0.15) is 40.0 Å². The summed E-state index contributed by atoms with van der Waals surface area (Å²) in [5.41, 5.74) is 4.26. The number of carbonyl (C=O) groups is 1. The van der Waals surface area contributed by atoms with E-state index in [2.05, 4.69) is 4.98 Å². The molecule has 0 fully saturated rings. The quantitative estimate of drug-likeness (QED) is 0.626. The first-order valence-corrected chi connectivity index (χ1v) is 8.65. The van der Waals surface area contributed by atoms with Gasteiger partial charge in [-0.15, -0.1) is 0 Å². The highest BCUT2D eigenvalue weighted by atomic mass is 16.4. The third-order valence-electron chi connectivity index (χ3n) is 3.97. The van der Waals surface area contributed by atoms with Gasteiger partial charge in [0.2, 0.25) is 0 Å². The minimum absolute atomic E-state index is 0.108. The average molecular weight is 383 g/mol. The Morgan fingerprint density at radius 1 is 1.30 bits per heavy atom. The summed E-state index contributed by atoms with van der Waals surface area (Å²) in [4.78, 5) is 38.0. The van der Waals surface area contributed by atoms with E-state index in [1.807, 2.05) is 20.8 Å². The number of nitrogens with zero attached hydrogens (tertiary/aromatic N) is 4. The Morgan fingerprint density at radius 3 is 2.37 bits per heavy atom. The number of carboxylic acids is 1. The minimum Gasteiger partial charge on any atom is -0.480 e. The highest BCUT2D eigenvalue weighted by molar-refractivity contribution is 5.74. The molecule has 0 radical (unpaired) electrons. The van der Waals surface area contributed by atoms with Crippen LogP contribution in [0.5, 0.6) is 0 Å². The summed E-state index contributed by atoms with van der Waals surface area (Å²) < 4.78 is 3.33. The Hall–Kier alpha value is -2.46. The summed E-state index contributed by atoms with van der Waals surface area (Å²) in [6.07, 6.45) is 4.10. The van der Waals surface area contributed by atoms with Crippen LogP contribution in [0.3, 0.4) is 0 Å².